The molecular formula is C13H14N6OS. The molecule has 0 atom stereocenters. The van der Waals surface area contributed by atoms with Crippen LogP contribution in [0.5, 0.6) is 0 Å². The quantitative estimate of drug-likeness (QED) is 0.739. The van der Waals surface area contributed by atoms with Gasteiger partial charge in [0.2, 0.25) is 4.96 Å². The van der Waals surface area contributed by atoms with E-state index in [2.05, 4.69) is 20.4 Å². The molecule has 3 N–H and O–H groups in total. The van der Waals surface area contributed by atoms with Gasteiger partial charge in [-0.3, -0.25) is 4.79 Å². The predicted molar refractivity (Wildman–Crippen MR) is 80.5 cm³/mol. The minimum atomic E-state index is -0.493. The first-order valence-electron chi connectivity index (χ1n) is 6.44. The molecule has 1 amide bonds. The van der Waals surface area contributed by atoms with Crippen molar-refractivity contribution in [3.8, 4) is 0 Å². The van der Waals surface area contributed by atoms with E-state index in [1.165, 1.54) is 0 Å². The third-order valence-electron chi connectivity index (χ3n) is 2.94. The molecule has 0 aliphatic carbocycles. The van der Waals surface area contributed by atoms with E-state index in [9.17, 15) is 4.79 Å². The van der Waals surface area contributed by atoms with E-state index in [-0.39, 0.29) is 0 Å². The van der Waals surface area contributed by atoms with Gasteiger partial charge in [0, 0.05) is 19.2 Å². The number of hydrogen-bond acceptors (Lipinski definition) is 6. The van der Waals surface area contributed by atoms with Gasteiger partial charge in [0.15, 0.2) is 0 Å². The third kappa shape index (κ3) is 2.84. The highest BCUT2D eigenvalue weighted by molar-refractivity contribution is 7.16. The molecule has 0 fully saturated rings. The summed E-state index contributed by atoms with van der Waals surface area (Å²) in [4.78, 5) is 20.8. The first-order chi connectivity index (χ1) is 10.1. The number of fused-ring (bicyclic) bond motifs is 1. The molecule has 3 aromatic rings. The number of amides is 1. The zero-order chi connectivity index (χ0) is 14.8. The number of nitrogens with zero attached hydrogens (tertiary/aromatic N) is 4. The number of aryl methyl sites for hydroxylation is 1. The summed E-state index contributed by atoms with van der Waals surface area (Å²) in [6.45, 7) is 2.56. The summed E-state index contributed by atoms with van der Waals surface area (Å²) >= 11 is 1.56. The smallest absolute Gasteiger partial charge is 0.252 e. The third-order valence-corrected chi connectivity index (χ3v) is 3.78. The molecule has 0 bridgehead atoms. The first kappa shape index (κ1) is 13.5. The fourth-order valence-corrected chi connectivity index (χ4v) is 2.76. The molecule has 0 aliphatic heterocycles. The Balaban J connectivity index is 1.65. The zero-order valence-electron chi connectivity index (χ0n) is 11.4. The Morgan fingerprint density at radius 1 is 1.52 bits per heavy atom. The Hall–Kier alpha value is -2.48. The topological polar surface area (TPSA) is 98.2 Å². The molecular weight excluding hydrogens is 288 g/mol. The maximum atomic E-state index is 11.3. The van der Waals surface area contributed by atoms with Crippen LogP contribution in [-0.4, -0.2) is 32.0 Å². The van der Waals surface area contributed by atoms with Crippen LogP contribution in [0.1, 0.15) is 21.1 Å². The molecule has 0 aliphatic rings. The maximum absolute atomic E-state index is 11.3. The van der Waals surface area contributed by atoms with Gasteiger partial charge in [-0.15, -0.1) is 0 Å². The highest BCUT2D eigenvalue weighted by atomic mass is 32.1. The van der Waals surface area contributed by atoms with E-state index in [1.54, 1.807) is 34.2 Å². The highest BCUT2D eigenvalue weighted by Gasteiger charge is 2.09. The number of aromatic nitrogens is 4. The van der Waals surface area contributed by atoms with Gasteiger partial charge < -0.3 is 11.1 Å². The van der Waals surface area contributed by atoms with E-state index >= 15 is 0 Å². The van der Waals surface area contributed by atoms with Crippen molar-refractivity contribution in [3.05, 3.63) is 40.8 Å². The van der Waals surface area contributed by atoms with Crippen molar-refractivity contribution in [2.75, 3.05) is 11.9 Å². The van der Waals surface area contributed by atoms with Crippen LogP contribution in [0.25, 0.3) is 4.96 Å². The lowest BCUT2D eigenvalue weighted by molar-refractivity contribution is 0.100. The Morgan fingerprint density at radius 2 is 2.38 bits per heavy atom. The van der Waals surface area contributed by atoms with E-state index in [0.29, 0.717) is 24.3 Å². The van der Waals surface area contributed by atoms with E-state index in [4.69, 9.17) is 5.73 Å². The summed E-state index contributed by atoms with van der Waals surface area (Å²) in [5.74, 6) is 0.00720. The van der Waals surface area contributed by atoms with E-state index in [0.717, 1.165) is 15.7 Å². The van der Waals surface area contributed by atoms with Crippen molar-refractivity contribution >= 4 is 28.0 Å². The summed E-state index contributed by atoms with van der Waals surface area (Å²) in [5.41, 5.74) is 6.64. The molecule has 0 unspecified atom stereocenters. The molecule has 8 heteroatoms. The highest BCUT2D eigenvalue weighted by Crippen LogP contribution is 2.14. The van der Waals surface area contributed by atoms with Crippen LogP contribution >= 0.6 is 11.3 Å². The van der Waals surface area contributed by atoms with Gasteiger partial charge in [-0.1, -0.05) is 11.3 Å². The molecule has 21 heavy (non-hydrogen) atoms. The maximum Gasteiger partial charge on any atom is 0.252 e. The van der Waals surface area contributed by atoms with E-state index < -0.39 is 5.91 Å². The largest absolute Gasteiger partial charge is 0.369 e. The number of anilines is 1. The average Bonchev–Trinajstić information content (AvgIpc) is 2.96. The second-order valence-electron chi connectivity index (χ2n) is 4.52. The monoisotopic (exact) mass is 302 g/mol. The second-order valence-corrected chi connectivity index (χ2v) is 5.68. The number of hydrogen-bond donors (Lipinski definition) is 2. The van der Waals surface area contributed by atoms with Gasteiger partial charge in [0.25, 0.3) is 5.91 Å². The lowest BCUT2D eigenvalue weighted by Gasteiger charge is -2.07. The minimum absolute atomic E-state index is 0.389. The second kappa shape index (κ2) is 5.49. The standard InChI is InChI=1S/C13H14N6OS/c1-8-18-19-7-9(17-13(19)21-8)4-6-16-12-10(11(14)20)3-2-5-15-12/h2-3,5,7H,4,6H2,1H3,(H2,14,20)(H,15,16). The molecule has 0 spiro atoms. The van der Waals surface area contributed by atoms with Crippen molar-refractivity contribution in [2.24, 2.45) is 5.73 Å². The fourth-order valence-electron chi connectivity index (χ4n) is 2.02. The first-order valence-corrected chi connectivity index (χ1v) is 7.25. The molecule has 3 heterocycles. The van der Waals surface area contributed by atoms with Crippen molar-refractivity contribution in [1.82, 2.24) is 19.6 Å². The Morgan fingerprint density at radius 3 is 3.14 bits per heavy atom. The fraction of sp³-hybridized carbons (Fsp3) is 0.231. The summed E-state index contributed by atoms with van der Waals surface area (Å²) in [6, 6.07) is 3.33. The van der Waals surface area contributed by atoms with Gasteiger partial charge in [0.05, 0.1) is 17.5 Å². The number of pyridine rings is 1. The number of carbonyl (C=O) groups is 1. The van der Waals surface area contributed by atoms with Crippen LogP contribution < -0.4 is 11.1 Å². The zero-order valence-corrected chi connectivity index (χ0v) is 12.2. The van der Waals surface area contributed by atoms with Gasteiger partial charge in [-0.25, -0.2) is 14.5 Å². The molecule has 0 saturated carbocycles. The van der Waals surface area contributed by atoms with Crippen molar-refractivity contribution in [2.45, 2.75) is 13.3 Å². The van der Waals surface area contributed by atoms with Crippen LogP contribution in [0.3, 0.4) is 0 Å². The minimum Gasteiger partial charge on any atom is -0.369 e. The lowest BCUT2D eigenvalue weighted by Crippen LogP contribution is -2.16. The normalized spacial score (nSPS) is 10.9. The van der Waals surface area contributed by atoms with Crippen LogP contribution in [0.2, 0.25) is 0 Å². The number of imidazole rings is 1. The summed E-state index contributed by atoms with van der Waals surface area (Å²) < 4.78 is 1.78. The molecule has 0 saturated heterocycles. The van der Waals surface area contributed by atoms with Gasteiger partial charge in [-0.2, -0.15) is 5.10 Å². The Labute approximate surface area is 124 Å². The van der Waals surface area contributed by atoms with Crippen LogP contribution in [-0.2, 0) is 6.42 Å². The van der Waals surface area contributed by atoms with Gasteiger partial charge >= 0.3 is 0 Å². The van der Waals surface area contributed by atoms with E-state index in [1.807, 2.05) is 13.1 Å². The predicted octanol–water partition coefficient (Wildman–Crippen LogP) is 1.25. The number of carbonyl (C=O) groups excluding carboxylic acids is 1. The number of nitrogens with two attached hydrogens (primary N) is 1. The van der Waals surface area contributed by atoms with Gasteiger partial charge in [0.1, 0.15) is 10.8 Å². The molecule has 3 rings (SSSR count). The molecule has 7 nitrogen and oxygen atoms in total. The average molecular weight is 302 g/mol. The SMILES string of the molecule is Cc1nn2cc(CCNc3ncccc3C(N)=O)nc2s1. The lowest BCUT2D eigenvalue weighted by atomic mass is 10.2. The Kier molecular flexibility index (Phi) is 3.53. The van der Waals surface area contributed by atoms with Crippen molar-refractivity contribution in [1.29, 1.82) is 0 Å². The summed E-state index contributed by atoms with van der Waals surface area (Å²) in [5, 5.41) is 8.42. The number of rotatable bonds is 5. The molecule has 0 radical (unpaired) electrons. The van der Waals surface area contributed by atoms with Crippen LogP contribution in [0, 0.1) is 6.92 Å². The number of primary amides is 1. The summed E-state index contributed by atoms with van der Waals surface area (Å²) in [6.07, 6.45) is 4.24. The number of nitrogens with one attached hydrogen (secondary N) is 1. The molecule has 3 aromatic heterocycles. The van der Waals surface area contributed by atoms with Crippen molar-refractivity contribution in [3.63, 3.8) is 0 Å². The van der Waals surface area contributed by atoms with Crippen molar-refractivity contribution < 1.29 is 4.79 Å². The van der Waals surface area contributed by atoms with Gasteiger partial charge in [-0.05, 0) is 19.1 Å². The Bertz CT molecular complexity index is 761. The molecule has 108 valence electrons. The summed E-state index contributed by atoms with van der Waals surface area (Å²) in [7, 11) is 0. The van der Waals surface area contributed by atoms with Crippen LogP contribution in [0.4, 0.5) is 5.82 Å². The molecule has 0 aromatic carbocycles. The van der Waals surface area contributed by atoms with Crippen LogP contribution in [0.15, 0.2) is 24.5 Å².